The highest BCUT2D eigenvalue weighted by Gasteiger charge is 2.05. The van der Waals surface area contributed by atoms with E-state index in [4.69, 9.17) is 11.6 Å². The number of benzene rings is 1. The van der Waals surface area contributed by atoms with Gasteiger partial charge in [0.1, 0.15) is 0 Å². The van der Waals surface area contributed by atoms with E-state index in [9.17, 15) is 0 Å². The van der Waals surface area contributed by atoms with Gasteiger partial charge in [0.2, 0.25) is 0 Å². The summed E-state index contributed by atoms with van der Waals surface area (Å²) in [5.41, 5.74) is 1.13. The average Bonchev–Trinajstić information content (AvgIpc) is 2.84. The van der Waals surface area contributed by atoms with Crippen LogP contribution in [0.25, 0.3) is 0 Å². The fraction of sp³-hybridized carbons (Fsp3) is 0.357. The van der Waals surface area contributed by atoms with Gasteiger partial charge in [-0.25, -0.2) is 4.98 Å². The van der Waals surface area contributed by atoms with Gasteiger partial charge in [-0.15, -0.1) is 0 Å². The molecule has 1 heterocycles. The zero-order valence-electron chi connectivity index (χ0n) is 11.1. The molecule has 2 N–H and O–H groups in total. The Morgan fingerprint density at radius 1 is 1.42 bits per heavy atom. The molecule has 3 nitrogen and oxygen atoms in total. The normalized spacial score (nSPS) is 11.2. The van der Waals surface area contributed by atoms with Crippen LogP contribution < -0.4 is 5.32 Å². The Balaban J connectivity index is 1.96. The molecule has 0 fully saturated rings. The lowest BCUT2D eigenvalue weighted by atomic mass is 10.2. The molecular formula is C14H18ClN3S. The largest absolute Gasteiger partial charge is 0.339 e. The maximum Gasteiger partial charge on any atom is 0.170 e. The summed E-state index contributed by atoms with van der Waals surface area (Å²) >= 11 is 7.88. The first-order valence-electron chi connectivity index (χ1n) is 6.31. The number of rotatable bonds is 6. The van der Waals surface area contributed by atoms with Gasteiger partial charge in [-0.1, -0.05) is 43.3 Å². The van der Waals surface area contributed by atoms with Gasteiger partial charge in [-0.3, -0.25) is 0 Å². The summed E-state index contributed by atoms with van der Waals surface area (Å²) < 4.78 is 0. The summed E-state index contributed by atoms with van der Waals surface area (Å²) in [6.07, 6.45) is 3.56. The van der Waals surface area contributed by atoms with Crippen molar-refractivity contribution < 1.29 is 0 Å². The van der Waals surface area contributed by atoms with E-state index in [0.717, 1.165) is 33.7 Å². The Morgan fingerprint density at radius 2 is 2.26 bits per heavy atom. The standard InChI is InChI=1S/C14H18ClN3S/c1-10(2)8-16-9-11-3-4-12(7-13(11)15)19-14-17-5-6-18-14/h3-7,10,16H,8-9H2,1-2H3,(H,17,18). The van der Waals surface area contributed by atoms with E-state index >= 15 is 0 Å². The van der Waals surface area contributed by atoms with Crippen molar-refractivity contribution in [2.75, 3.05) is 6.54 Å². The molecule has 2 rings (SSSR count). The number of halogens is 1. The van der Waals surface area contributed by atoms with E-state index in [2.05, 4.69) is 41.3 Å². The Labute approximate surface area is 123 Å². The van der Waals surface area contributed by atoms with Crippen molar-refractivity contribution in [1.82, 2.24) is 15.3 Å². The number of aromatic nitrogens is 2. The third kappa shape index (κ3) is 4.56. The van der Waals surface area contributed by atoms with Crippen LogP contribution in [-0.4, -0.2) is 16.5 Å². The second-order valence-electron chi connectivity index (χ2n) is 4.77. The molecule has 0 unspecified atom stereocenters. The number of H-pyrrole nitrogens is 1. The molecule has 0 saturated carbocycles. The summed E-state index contributed by atoms with van der Waals surface area (Å²) in [4.78, 5) is 8.34. The number of imidazole rings is 1. The van der Waals surface area contributed by atoms with Crippen molar-refractivity contribution >= 4 is 23.4 Å². The predicted octanol–water partition coefficient (Wildman–Crippen LogP) is 3.96. The molecular weight excluding hydrogens is 278 g/mol. The van der Waals surface area contributed by atoms with Crippen LogP contribution in [0.3, 0.4) is 0 Å². The third-order valence-corrected chi connectivity index (χ3v) is 3.84. The minimum absolute atomic E-state index is 0.646. The van der Waals surface area contributed by atoms with Crippen LogP contribution in [0, 0.1) is 5.92 Å². The SMILES string of the molecule is CC(C)CNCc1ccc(Sc2ncc[nH]2)cc1Cl. The van der Waals surface area contributed by atoms with Crippen LogP contribution in [0.2, 0.25) is 5.02 Å². The van der Waals surface area contributed by atoms with E-state index in [1.165, 1.54) is 0 Å². The summed E-state index contributed by atoms with van der Waals surface area (Å²) in [5.74, 6) is 0.646. The molecule has 0 aliphatic heterocycles. The van der Waals surface area contributed by atoms with Crippen LogP contribution in [0.4, 0.5) is 0 Å². The molecule has 0 radical (unpaired) electrons. The molecule has 1 aromatic heterocycles. The van der Waals surface area contributed by atoms with E-state index in [0.29, 0.717) is 5.92 Å². The molecule has 0 aliphatic rings. The van der Waals surface area contributed by atoms with Crippen molar-refractivity contribution in [3.8, 4) is 0 Å². The summed E-state index contributed by atoms with van der Waals surface area (Å²) in [6, 6.07) is 6.13. The van der Waals surface area contributed by atoms with Gasteiger partial charge >= 0.3 is 0 Å². The minimum atomic E-state index is 0.646. The van der Waals surface area contributed by atoms with Crippen LogP contribution >= 0.6 is 23.4 Å². The van der Waals surface area contributed by atoms with Crippen LogP contribution in [0.5, 0.6) is 0 Å². The second kappa shape index (κ2) is 6.98. The molecule has 2 aromatic rings. The minimum Gasteiger partial charge on any atom is -0.339 e. The van der Waals surface area contributed by atoms with Crippen LogP contribution in [-0.2, 0) is 6.54 Å². The highest BCUT2D eigenvalue weighted by atomic mass is 35.5. The van der Waals surface area contributed by atoms with E-state index in [1.54, 1.807) is 18.0 Å². The first-order chi connectivity index (χ1) is 9.15. The van der Waals surface area contributed by atoms with Gasteiger partial charge < -0.3 is 10.3 Å². The van der Waals surface area contributed by atoms with Gasteiger partial charge in [0.25, 0.3) is 0 Å². The highest BCUT2D eigenvalue weighted by molar-refractivity contribution is 7.99. The maximum atomic E-state index is 6.30. The van der Waals surface area contributed by atoms with Crippen molar-refractivity contribution in [2.45, 2.75) is 30.4 Å². The van der Waals surface area contributed by atoms with Crippen molar-refractivity contribution in [3.63, 3.8) is 0 Å². The molecule has 19 heavy (non-hydrogen) atoms. The molecule has 0 saturated heterocycles. The zero-order valence-corrected chi connectivity index (χ0v) is 12.7. The number of nitrogens with one attached hydrogen (secondary N) is 2. The van der Waals surface area contributed by atoms with Gasteiger partial charge in [0.15, 0.2) is 5.16 Å². The van der Waals surface area contributed by atoms with Crippen molar-refractivity contribution in [1.29, 1.82) is 0 Å². The van der Waals surface area contributed by atoms with Crippen LogP contribution in [0.1, 0.15) is 19.4 Å². The molecule has 1 aromatic carbocycles. The molecule has 0 spiro atoms. The van der Waals surface area contributed by atoms with E-state index < -0.39 is 0 Å². The van der Waals surface area contributed by atoms with Crippen molar-refractivity contribution in [3.05, 3.63) is 41.2 Å². The average molecular weight is 296 g/mol. The Morgan fingerprint density at radius 3 is 2.89 bits per heavy atom. The molecule has 0 aliphatic carbocycles. The maximum absolute atomic E-state index is 6.30. The lowest BCUT2D eigenvalue weighted by Gasteiger charge is -2.09. The van der Waals surface area contributed by atoms with Crippen molar-refractivity contribution in [2.24, 2.45) is 5.92 Å². The number of aromatic amines is 1. The van der Waals surface area contributed by atoms with Crippen LogP contribution in [0.15, 0.2) is 40.6 Å². The molecule has 0 atom stereocenters. The fourth-order valence-electron chi connectivity index (χ4n) is 1.65. The van der Waals surface area contributed by atoms with Gasteiger partial charge in [0, 0.05) is 28.9 Å². The molecule has 0 amide bonds. The van der Waals surface area contributed by atoms with E-state index in [1.807, 2.05) is 12.3 Å². The fourth-order valence-corrected chi connectivity index (χ4v) is 2.74. The van der Waals surface area contributed by atoms with Gasteiger partial charge in [-0.05, 0) is 30.2 Å². The second-order valence-corrected chi connectivity index (χ2v) is 6.24. The first kappa shape index (κ1) is 14.4. The molecule has 102 valence electrons. The number of hydrogen-bond donors (Lipinski definition) is 2. The topological polar surface area (TPSA) is 40.7 Å². The monoisotopic (exact) mass is 295 g/mol. The Hall–Kier alpha value is -0.970. The number of hydrogen-bond acceptors (Lipinski definition) is 3. The molecule has 5 heteroatoms. The van der Waals surface area contributed by atoms with Gasteiger partial charge in [0.05, 0.1) is 0 Å². The Kier molecular flexibility index (Phi) is 5.31. The third-order valence-electron chi connectivity index (χ3n) is 2.58. The Bertz CT molecular complexity index is 511. The summed E-state index contributed by atoms with van der Waals surface area (Å²) in [6.45, 7) is 6.19. The van der Waals surface area contributed by atoms with Gasteiger partial charge in [-0.2, -0.15) is 0 Å². The van der Waals surface area contributed by atoms with E-state index in [-0.39, 0.29) is 0 Å². The lowest BCUT2D eigenvalue weighted by Crippen LogP contribution is -2.19. The summed E-state index contributed by atoms with van der Waals surface area (Å²) in [7, 11) is 0. The summed E-state index contributed by atoms with van der Waals surface area (Å²) in [5, 5.41) is 5.07. The first-order valence-corrected chi connectivity index (χ1v) is 7.51. The zero-order chi connectivity index (χ0) is 13.7. The predicted molar refractivity (Wildman–Crippen MR) is 80.7 cm³/mol. The number of nitrogens with zero attached hydrogens (tertiary/aromatic N) is 1. The highest BCUT2D eigenvalue weighted by Crippen LogP contribution is 2.28. The smallest absolute Gasteiger partial charge is 0.170 e. The lowest BCUT2D eigenvalue weighted by molar-refractivity contribution is 0.552. The molecule has 0 bridgehead atoms. The quantitative estimate of drug-likeness (QED) is 0.847.